The minimum Gasteiger partial charge on any atom is -0.491 e. The van der Waals surface area contributed by atoms with E-state index in [1.54, 1.807) is 0 Å². The van der Waals surface area contributed by atoms with Crippen LogP contribution in [0.1, 0.15) is 24.0 Å². The lowest BCUT2D eigenvalue weighted by Gasteiger charge is -2.39. The van der Waals surface area contributed by atoms with Gasteiger partial charge in [0.25, 0.3) is 0 Å². The van der Waals surface area contributed by atoms with Crippen molar-refractivity contribution in [1.82, 2.24) is 4.90 Å². The number of benzene rings is 2. The molecule has 0 amide bonds. The van der Waals surface area contributed by atoms with Gasteiger partial charge in [0, 0.05) is 55.6 Å². The van der Waals surface area contributed by atoms with Crippen LogP contribution in [0.4, 0.5) is 5.69 Å². The van der Waals surface area contributed by atoms with Gasteiger partial charge in [-0.15, -0.1) is 0 Å². The number of rotatable bonds is 4. The molecule has 2 aromatic carbocycles. The van der Waals surface area contributed by atoms with E-state index in [1.165, 1.54) is 16.7 Å². The van der Waals surface area contributed by atoms with Gasteiger partial charge in [-0.25, -0.2) is 0 Å². The summed E-state index contributed by atoms with van der Waals surface area (Å²) in [5.74, 6) is 1.17. The van der Waals surface area contributed by atoms with E-state index in [2.05, 4.69) is 77.0 Å². The van der Waals surface area contributed by atoms with Crippen molar-refractivity contribution in [2.45, 2.75) is 24.4 Å². The van der Waals surface area contributed by atoms with Crippen molar-refractivity contribution in [1.29, 1.82) is 0 Å². The normalized spacial score (nSPS) is 25.5. The fourth-order valence-corrected chi connectivity index (χ4v) is 5.07. The van der Waals surface area contributed by atoms with Gasteiger partial charge in [0.1, 0.15) is 12.4 Å². The molecule has 3 aliphatic heterocycles. The minimum absolute atomic E-state index is 0.118. The number of nitrogens with zero attached hydrogens (tertiary/aromatic N) is 2. The van der Waals surface area contributed by atoms with Crippen LogP contribution in [0.25, 0.3) is 5.57 Å². The molecule has 0 aliphatic carbocycles. The molecule has 2 aromatic rings. The Morgan fingerprint density at radius 2 is 2.00 bits per heavy atom. The first-order valence-electron chi connectivity index (χ1n) is 11.6. The van der Waals surface area contributed by atoms with E-state index >= 15 is 0 Å². The van der Waals surface area contributed by atoms with Crippen molar-refractivity contribution < 1.29 is 4.74 Å². The van der Waals surface area contributed by atoms with E-state index in [-0.39, 0.29) is 17.5 Å². The number of piperidine rings is 1. The Hall–Kier alpha value is -2.89. The van der Waals surface area contributed by atoms with Gasteiger partial charge in [-0.1, -0.05) is 42.5 Å². The molecule has 3 N–H and O–H groups in total. The zero-order valence-corrected chi connectivity index (χ0v) is 18.7. The molecule has 5 rings (SSSR count). The maximum absolute atomic E-state index is 6.79. The van der Waals surface area contributed by atoms with Gasteiger partial charge >= 0.3 is 0 Å². The summed E-state index contributed by atoms with van der Waals surface area (Å²) in [4.78, 5) is 7.22. The SMILES string of the molecule is CNc1ccc2c(c1)/C(=C\CN1CCC(N)(c3ccccc3)CC1)C1C=CC=NC1CO2. The number of nitrogens with two attached hydrogens (primary N) is 1. The molecular formula is C27H32N4O. The van der Waals surface area contributed by atoms with Crippen molar-refractivity contribution in [2.24, 2.45) is 16.6 Å². The molecule has 0 bridgehead atoms. The third kappa shape index (κ3) is 4.10. The summed E-state index contributed by atoms with van der Waals surface area (Å²) in [6.45, 7) is 3.50. The second-order valence-electron chi connectivity index (χ2n) is 9.03. The van der Waals surface area contributed by atoms with Crippen molar-refractivity contribution in [3.63, 3.8) is 0 Å². The Morgan fingerprint density at radius 3 is 2.78 bits per heavy atom. The summed E-state index contributed by atoms with van der Waals surface area (Å²) in [5, 5.41) is 3.27. The molecular weight excluding hydrogens is 396 g/mol. The predicted octanol–water partition coefficient (Wildman–Crippen LogP) is 4.08. The van der Waals surface area contributed by atoms with E-state index in [9.17, 15) is 0 Å². The molecule has 2 unspecified atom stereocenters. The first kappa shape index (κ1) is 21.0. The van der Waals surface area contributed by atoms with E-state index in [0.717, 1.165) is 43.9 Å². The molecule has 5 heteroatoms. The molecule has 0 aromatic heterocycles. The maximum Gasteiger partial charge on any atom is 0.127 e. The highest BCUT2D eigenvalue weighted by Crippen LogP contribution is 2.40. The number of aliphatic imine (C=N–C) groups is 1. The van der Waals surface area contributed by atoms with Crippen LogP contribution in [0.3, 0.4) is 0 Å². The first-order valence-corrected chi connectivity index (χ1v) is 11.6. The van der Waals surface area contributed by atoms with Crippen molar-refractivity contribution in [3.05, 3.63) is 77.9 Å². The Balaban J connectivity index is 1.37. The van der Waals surface area contributed by atoms with Gasteiger partial charge < -0.3 is 15.8 Å². The van der Waals surface area contributed by atoms with Crippen LogP contribution >= 0.6 is 0 Å². The number of likely N-dealkylation sites (tertiary alicyclic amines) is 1. The van der Waals surface area contributed by atoms with Crippen molar-refractivity contribution in [2.75, 3.05) is 38.6 Å². The van der Waals surface area contributed by atoms with E-state index in [4.69, 9.17) is 15.5 Å². The van der Waals surface area contributed by atoms with Crippen LogP contribution in [0.2, 0.25) is 0 Å². The third-order valence-electron chi connectivity index (χ3n) is 7.11. The molecule has 0 saturated carbocycles. The van der Waals surface area contributed by atoms with Gasteiger partial charge in [0.2, 0.25) is 0 Å². The van der Waals surface area contributed by atoms with E-state index in [1.807, 2.05) is 13.3 Å². The molecule has 0 spiro atoms. The summed E-state index contributed by atoms with van der Waals surface area (Å²) < 4.78 is 6.17. The van der Waals surface area contributed by atoms with Gasteiger partial charge in [-0.2, -0.15) is 0 Å². The van der Waals surface area contributed by atoms with Crippen LogP contribution in [0, 0.1) is 5.92 Å². The first-order chi connectivity index (χ1) is 15.7. The number of ether oxygens (including phenoxy) is 1. The lowest BCUT2D eigenvalue weighted by molar-refractivity contribution is 0.175. The molecule has 3 aliphatic rings. The number of anilines is 1. The Bertz CT molecular complexity index is 1030. The fourth-order valence-electron chi connectivity index (χ4n) is 5.07. The van der Waals surface area contributed by atoms with Crippen LogP contribution in [-0.2, 0) is 5.54 Å². The summed E-state index contributed by atoms with van der Waals surface area (Å²) in [5.41, 5.74) is 11.4. The number of allylic oxidation sites excluding steroid dienone is 1. The Labute approximate surface area is 190 Å². The molecule has 166 valence electrons. The molecule has 32 heavy (non-hydrogen) atoms. The molecule has 0 radical (unpaired) electrons. The summed E-state index contributed by atoms with van der Waals surface area (Å²) in [6.07, 6.45) is 10.6. The van der Waals surface area contributed by atoms with Crippen molar-refractivity contribution in [3.8, 4) is 5.75 Å². The zero-order chi connectivity index (χ0) is 22.0. The number of dihydropyridines is 1. The molecule has 3 heterocycles. The zero-order valence-electron chi connectivity index (χ0n) is 18.7. The number of hydrogen-bond donors (Lipinski definition) is 2. The Morgan fingerprint density at radius 1 is 1.19 bits per heavy atom. The fraction of sp³-hybridized carbons (Fsp3) is 0.370. The highest BCUT2D eigenvalue weighted by Gasteiger charge is 2.33. The largest absolute Gasteiger partial charge is 0.491 e. The smallest absolute Gasteiger partial charge is 0.127 e. The molecule has 1 fully saturated rings. The maximum atomic E-state index is 6.79. The number of fused-ring (bicyclic) bond motifs is 2. The van der Waals surface area contributed by atoms with Crippen LogP contribution in [0.5, 0.6) is 5.75 Å². The molecule has 1 saturated heterocycles. The van der Waals surface area contributed by atoms with E-state index in [0.29, 0.717) is 6.61 Å². The van der Waals surface area contributed by atoms with Gasteiger partial charge in [-0.3, -0.25) is 9.89 Å². The van der Waals surface area contributed by atoms with Crippen LogP contribution < -0.4 is 15.8 Å². The summed E-state index contributed by atoms with van der Waals surface area (Å²) in [7, 11) is 1.95. The average Bonchev–Trinajstić information content (AvgIpc) is 3.00. The lowest BCUT2D eigenvalue weighted by Crippen LogP contribution is -2.48. The topological polar surface area (TPSA) is 62.9 Å². The quantitative estimate of drug-likeness (QED) is 0.770. The van der Waals surface area contributed by atoms with Crippen LogP contribution in [0.15, 0.2) is 71.8 Å². The number of nitrogens with one attached hydrogen (secondary N) is 1. The van der Waals surface area contributed by atoms with E-state index < -0.39 is 0 Å². The second-order valence-corrected chi connectivity index (χ2v) is 9.03. The molecule has 2 atom stereocenters. The van der Waals surface area contributed by atoms with Crippen LogP contribution in [-0.4, -0.2) is 50.4 Å². The Kier molecular flexibility index (Phi) is 5.85. The summed E-state index contributed by atoms with van der Waals surface area (Å²) in [6, 6.07) is 17.0. The highest BCUT2D eigenvalue weighted by molar-refractivity contribution is 5.81. The number of hydrogen-bond acceptors (Lipinski definition) is 5. The lowest BCUT2D eigenvalue weighted by atomic mass is 9.82. The second kappa shape index (κ2) is 8.93. The van der Waals surface area contributed by atoms with Gasteiger partial charge in [0.05, 0.1) is 6.04 Å². The monoisotopic (exact) mass is 428 g/mol. The average molecular weight is 429 g/mol. The third-order valence-corrected chi connectivity index (χ3v) is 7.11. The summed E-state index contributed by atoms with van der Waals surface area (Å²) >= 11 is 0. The predicted molar refractivity (Wildman–Crippen MR) is 132 cm³/mol. The highest BCUT2D eigenvalue weighted by atomic mass is 16.5. The van der Waals surface area contributed by atoms with Crippen molar-refractivity contribution >= 4 is 17.5 Å². The standard InChI is InChI=1S/C27H32N4O/c1-29-21-9-10-26-24(18-21)22(23-8-5-14-30-25(23)19-32-26)11-15-31-16-12-27(28,13-17-31)20-6-3-2-4-7-20/h2-11,14,18,23,25,29H,12-13,15-17,19,28H2,1H3/b22-11-. The van der Waals surface area contributed by atoms with Gasteiger partial charge in [-0.05, 0) is 48.3 Å². The van der Waals surface area contributed by atoms with Gasteiger partial charge in [0.15, 0.2) is 0 Å². The minimum atomic E-state index is -0.221. The molecule has 5 nitrogen and oxygen atoms in total.